The maximum Gasteiger partial charge on any atom is 0.337 e. The molecule has 0 aliphatic heterocycles. The molecule has 0 aliphatic carbocycles. The number of phenols is 1. The quantitative estimate of drug-likeness (QED) is 0.490. The van der Waals surface area contributed by atoms with Gasteiger partial charge in [0.15, 0.2) is 12.3 Å². The van der Waals surface area contributed by atoms with E-state index in [4.69, 9.17) is 9.15 Å². The number of anilines is 2. The van der Waals surface area contributed by atoms with Gasteiger partial charge >= 0.3 is 6.01 Å². The van der Waals surface area contributed by atoms with Gasteiger partial charge in [-0.3, -0.25) is 0 Å². The molecule has 2 aromatic carbocycles. The molecule has 2 aromatic heterocycles. The highest BCUT2D eigenvalue weighted by Gasteiger charge is 2.23. The zero-order valence-electron chi connectivity index (χ0n) is 13.3. The van der Waals surface area contributed by atoms with Gasteiger partial charge in [0, 0.05) is 5.56 Å². The van der Waals surface area contributed by atoms with Gasteiger partial charge in [0.05, 0.1) is 11.8 Å². The lowest BCUT2D eigenvalue weighted by Crippen LogP contribution is -2.04. The summed E-state index contributed by atoms with van der Waals surface area (Å²) in [6.07, 6.45) is 0. The van der Waals surface area contributed by atoms with E-state index in [0.29, 0.717) is 22.0 Å². The molecular weight excluding hydrogens is 379 g/mol. The maximum absolute atomic E-state index is 13.6. The number of nitrogens with zero attached hydrogens (tertiary/aromatic N) is 4. The van der Waals surface area contributed by atoms with Crippen molar-refractivity contribution in [1.29, 1.82) is 0 Å². The second kappa shape index (κ2) is 6.81. The van der Waals surface area contributed by atoms with Gasteiger partial charge in [-0.05, 0) is 36.4 Å². The molecule has 0 bridgehead atoms. The van der Waals surface area contributed by atoms with E-state index < -0.39 is 0 Å². The SMILES string of the molecule is COc1cccc2sc(N(SF)c3nnc(-c4ccc(O)cc4)o3)nc12. The lowest BCUT2D eigenvalue weighted by molar-refractivity contribution is 0.419. The number of hydrogen-bond donors (Lipinski definition) is 1. The number of phenolic OH excluding ortho intramolecular Hbond substituents is 1. The van der Waals surface area contributed by atoms with Crippen molar-refractivity contribution in [2.45, 2.75) is 0 Å². The Morgan fingerprint density at radius 2 is 2.00 bits per heavy atom. The zero-order chi connectivity index (χ0) is 18.1. The number of fused-ring (bicyclic) bond motifs is 1. The van der Waals surface area contributed by atoms with Gasteiger partial charge in [0.2, 0.25) is 11.0 Å². The van der Waals surface area contributed by atoms with E-state index in [1.165, 1.54) is 23.5 Å². The Morgan fingerprint density at radius 3 is 2.73 bits per heavy atom. The number of thiazole rings is 1. The number of benzene rings is 2. The summed E-state index contributed by atoms with van der Waals surface area (Å²) in [6, 6.07) is 11.7. The third-order valence-electron chi connectivity index (χ3n) is 3.54. The maximum atomic E-state index is 13.6. The largest absolute Gasteiger partial charge is 0.508 e. The van der Waals surface area contributed by atoms with E-state index in [1.807, 2.05) is 12.1 Å². The second-order valence-corrected chi connectivity index (χ2v) is 6.62. The predicted octanol–water partition coefficient (Wildman–Crippen LogP) is 4.73. The van der Waals surface area contributed by atoms with Crippen molar-refractivity contribution >= 4 is 45.0 Å². The fourth-order valence-corrected chi connectivity index (χ4v) is 3.64. The van der Waals surface area contributed by atoms with Crippen LogP contribution in [0.15, 0.2) is 46.9 Å². The Morgan fingerprint density at radius 1 is 1.19 bits per heavy atom. The molecule has 0 fully saturated rings. The van der Waals surface area contributed by atoms with Gasteiger partial charge in [-0.15, -0.1) is 8.98 Å². The van der Waals surface area contributed by atoms with Crippen LogP contribution in [0.5, 0.6) is 11.5 Å². The average molecular weight is 390 g/mol. The molecular formula is C16H11FN4O3S2. The number of hydrogen-bond acceptors (Lipinski definition) is 9. The number of rotatable bonds is 5. The molecule has 10 heteroatoms. The molecule has 0 saturated carbocycles. The third kappa shape index (κ3) is 2.93. The van der Waals surface area contributed by atoms with Crippen molar-refractivity contribution in [3.05, 3.63) is 42.5 Å². The summed E-state index contributed by atoms with van der Waals surface area (Å²) in [5.74, 6) is 0.930. The van der Waals surface area contributed by atoms with E-state index in [0.717, 1.165) is 9.01 Å². The Bertz CT molecular complexity index is 1050. The Labute approximate surface area is 155 Å². The highest BCUT2D eigenvalue weighted by Crippen LogP contribution is 2.40. The van der Waals surface area contributed by atoms with Crippen LogP contribution >= 0.6 is 23.7 Å². The van der Waals surface area contributed by atoms with Crippen LogP contribution in [0.1, 0.15) is 0 Å². The number of para-hydroxylation sites is 1. The molecule has 0 amide bonds. The summed E-state index contributed by atoms with van der Waals surface area (Å²) in [5, 5.41) is 17.5. The number of aromatic nitrogens is 3. The molecule has 0 atom stereocenters. The minimum absolute atomic E-state index is 0.0430. The molecule has 1 N–H and O–H groups in total. The van der Waals surface area contributed by atoms with Gasteiger partial charge in [0.1, 0.15) is 17.0 Å². The van der Waals surface area contributed by atoms with Gasteiger partial charge < -0.3 is 14.3 Å². The Balaban J connectivity index is 1.71. The zero-order valence-corrected chi connectivity index (χ0v) is 14.9. The molecule has 0 unspecified atom stereocenters. The van der Waals surface area contributed by atoms with Gasteiger partial charge in [-0.25, -0.2) is 4.98 Å². The Hall–Kier alpha value is -2.85. The van der Waals surface area contributed by atoms with Gasteiger partial charge in [-0.1, -0.05) is 22.5 Å². The number of methoxy groups -OCH3 is 1. The van der Waals surface area contributed by atoms with Crippen LogP contribution < -0.4 is 9.04 Å². The fraction of sp³-hybridized carbons (Fsp3) is 0.0625. The Kier molecular flexibility index (Phi) is 4.35. The van der Waals surface area contributed by atoms with Crippen LogP contribution in [0.3, 0.4) is 0 Å². The normalized spacial score (nSPS) is 11.0. The molecule has 26 heavy (non-hydrogen) atoms. The van der Waals surface area contributed by atoms with Crippen LogP contribution in [0, 0.1) is 0 Å². The van der Waals surface area contributed by atoms with Crippen molar-refractivity contribution in [2.75, 3.05) is 11.4 Å². The van der Waals surface area contributed by atoms with E-state index in [1.54, 1.807) is 25.3 Å². The van der Waals surface area contributed by atoms with E-state index in [2.05, 4.69) is 15.2 Å². The third-order valence-corrected chi connectivity index (χ3v) is 5.12. The lowest BCUT2D eigenvalue weighted by Gasteiger charge is -2.08. The summed E-state index contributed by atoms with van der Waals surface area (Å²) in [6.45, 7) is 0. The first-order chi connectivity index (χ1) is 12.7. The van der Waals surface area contributed by atoms with Crippen molar-refractivity contribution in [2.24, 2.45) is 0 Å². The van der Waals surface area contributed by atoms with Crippen molar-refractivity contribution in [3.8, 4) is 23.0 Å². The average Bonchev–Trinajstić information content (AvgIpc) is 3.30. The van der Waals surface area contributed by atoms with Crippen LogP contribution in [-0.2, 0) is 0 Å². The molecule has 2 heterocycles. The van der Waals surface area contributed by atoms with Gasteiger partial charge in [-0.2, -0.15) is 4.31 Å². The van der Waals surface area contributed by atoms with E-state index in [9.17, 15) is 8.99 Å². The molecule has 4 rings (SSSR count). The van der Waals surface area contributed by atoms with E-state index >= 15 is 0 Å². The topological polar surface area (TPSA) is 84.5 Å². The highest BCUT2D eigenvalue weighted by molar-refractivity contribution is 7.96. The summed E-state index contributed by atoms with van der Waals surface area (Å²) in [5.41, 5.74) is 1.24. The molecule has 7 nitrogen and oxygen atoms in total. The van der Waals surface area contributed by atoms with Crippen molar-refractivity contribution < 1.29 is 18.1 Å². The van der Waals surface area contributed by atoms with Crippen LogP contribution in [0.4, 0.5) is 15.0 Å². The summed E-state index contributed by atoms with van der Waals surface area (Å²) in [7, 11) is 1.55. The first kappa shape index (κ1) is 16.6. The lowest BCUT2D eigenvalue weighted by atomic mass is 10.2. The molecule has 132 valence electrons. The van der Waals surface area contributed by atoms with Crippen LogP contribution in [0.2, 0.25) is 0 Å². The molecule has 0 aliphatic rings. The molecule has 0 saturated heterocycles. The van der Waals surface area contributed by atoms with Crippen molar-refractivity contribution in [1.82, 2.24) is 15.2 Å². The predicted molar refractivity (Wildman–Crippen MR) is 98.4 cm³/mol. The van der Waals surface area contributed by atoms with Crippen molar-refractivity contribution in [3.63, 3.8) is 0 Å². The van der Waals surface area contributed by atoms with E-state index in [-0.39, 0.29) is 30.0 Å². The fourth-order valence-electron chi connectivity index (χ4n) is 2.32. The first-order valence-electron chi connectivity index (χ1n) is 7.35. The monoisotopic (exact) mass is 390 g/mol. The number of halogens is 1. The standard InChI is InChI=1S/C16H11FN4O3S2/c1-23-11-3-2-4-12-13(11)18-16(25-12)21(26-17)15-20-19-14(24-15)9-5-7-10(22)8-6-9/h2-8,22H,1H3. The van der Waals surface area contributed by atoms with Crippen LogP contribution in [0.25, 0.3) is 21.7 Å². The first-order valence-corrected chi connectivity index (χ1v) is 8.84. The molecule has 0 spiro atoms. The minimum atomic E-state index is -0.0800. The highest BCUT2D eigenvalue weighted by atomic mass is 32.2. The van der Waals surface area contributed by atoms with Crippen LogP contribution in [-0.4, -0.2) is 27.4 Å². The number of ether oxygens (including phenoxy) is 1. The molecule has 0 radical (unpaired) electrons. The number of aromatic hydroxyl groups is 1. The summed E-state index contributed by atoms with van der Waals surface area (Å²) >= 11 is 1.19. The summed E-state index contributed by atoms with van der Waals surface area (Å²) < 4.78 is 26.4. The molecule has 4 aromatic rings. The smallest absolute Gasteiger partial charge is 0.337 e. The van der Waals surface area contributed by atoms with Gasteiger partial charge in [0.25, 0.3) is 0 Å². The second-order valence-electron chi connectivity index (χ2n) is 5.10. The summed E-state index contributed by atoms with van der Waals surface area (Å²) in [4.78, 5) is 4.42. The minimum Gasteiger partial charge on any atom is -0.508 e.